The Hall–Kier alpha value is -4.33. The van der Waals surface area contributed by atoms with E-state index < -0.39 is 5.91 Å². The SMILES string of the molecule is C=CC(=O)N[C@H]1CCN(c2cc(Oc3ccc(OCc4ccccc4)cc3)c(C(N)=O)cn2)C1. The Morgan fingerprint density at radius 3 is 2.59 bits per heavy atom. The lowest BCUT2D eigenvalue weighted by Crippen LogP contribution is -2.36. The minimum Gasteiger partial charge on any atom is -0.489 e. The van der Waals surface area contributed by atoms with Gasteiger partial charge in [0.25, 0.3) is 5.91 Å². The number of nitrogens with two attached hydrogens (primary N) is 1. The number of benzene rings is 2. The molecule has 1 fully saturated rings. The molecule has 1 aromatic heterocycles. The molecule has 2 amide bonds. The molecule has 1 aliphatic rings. The average molecular weight is 459 g/mol. The van der Waals surface area contributed by atoms with Crippen LogP contribution in [0.2, 0.25) is 0 Å². The molecule has 34 heavy (non-hydrogen) atoms. The van der Waals surface area contributed by atoms with Crippen molar-refractivity contribution in [3.8, 4) is 17.2 Å². The number of aromatic nitrogens is 1. The Morgan fingerprint density at radius 1 is 1.15 bits per heavy atom. The van der Waals surface area contributed by atoms with E-state index in [9.17, 15) is 9.59 Å². The molecule has 0 spiro atoms. The van der Waals surface area contributed by atoms with Crippen molar-refractivity contribution >= 4 is 17.6 Å². The van der Waals surface area contributed by atoms with Crippen LogP contribution in [0.1, 0.15) is 22.3 Å². The smallest absolute Gasteiger partial charge is 0.254 e. The lowest BCUT2D eigenvalue weighted by Gasteiger charge is -2.19. The lowest BCUT2D eigenvalue weighted by molar-refractivity contribution is -0.117. The number of rotatable bonds is 9. The highest BCUT2D eigenvalue weighted by Gasteiger charge is 2.25. The summed E-state index contributed by atoms with van der Waals surface area (Å²) >= 11 is 0. The van der Waals surface area contributed by atoms with Gasteiger partial charge in [0.1, 0.15) is 35.2 Å². The summed E-state index contributed by atoms with van der Waals surface area (Å²) in [6, 6.07) is 18.7. The van der Waals surface area contributed by atoms with Gasteiger partial charge in [-0.3, -0.25) is 9.59 Å². The Balaban J connectivity index is 1.45. The summed E-state index contributed by atoms with van der Waals surface area (Å²) in [6.07, 6.45) is 3.45. The van der Waals surface area contributed by atoms with Crippen LogP contribution in [0.25, 0.3) is 0 Å². The van der Waals surface area contributed by atoms with Crippen LogP contribution in [0.15, 0.2) is 79.5 Å². The van der Waals surface area contributed by atoms with Crippen LogP contribution in [-0.2, 0) is 11.4 Å². The standard InChI is InChI=1S/C26H26N4O4/c1-2-25(31)29-19-12-13-30(16-19)24-14-23(22(15-28-24)26(27)32)34-21-10-8-20(9-11-21)33-17-18-6-4-3-5-7-18/h2-11,14-15,19H,1,12-13,16-17H2,(H2,27,32)(H,29,31)/t19-/m0/s1. The molecule has 4 rings (SSSR count). The van der Waals surface area contributed by atoms with Gasteiger partial charge in [-0.2, -0.15) is 0 Å². The van der Waals surface area contributed by atoms with Crippen LogP contribution in [0.4, 0.5) is 5.82 Å². The zero-order valence-electron chi connectivity index (χ0n) is 18.6. The van der Waals surface area contributed by atoms with Gasteiger partial charge in [0.2, 0.25) is 5.91 Å². The van der Waals surface area contributed by atoms with E-state index in [2.05, 4.69) is 16.9 Å². The van der Waals surface area contributed by atoms with Crippen LogP contribution < -0.4 is 25.4 Å². The van der Waals surface area contributed by atoms with Crippen molar-refractivity contribution in [2.75, 3.05) is 18.0 Å². The first-order chi connectivity index (χ1) is 16.5. The van der Waals surface area contributed by atoms with Crippen LogP contribution >= 0.6 is 0 Å². The molecule has 2 heterocycles. The fourth-order valence-electron chi connectivity index (χ4n) is 3.69. The van der Waals surface area contributed by atoms with Gasteiger partial charge in [-0.25, -0.2) is 4.98 Å². The Morgan fingerprint density at radius 2 is 1.88 bits per heavy atom. The van der Waals surface area contributed by atoms with E-state index in [0.29, 0.717) is 42.8 Å². The van der Waals surface area contributed by atoms with Gasteiger partial charge in [0, 0.05) is 31.4 Å². The molecule has 0 bridgehead atoms. The number of hydrogen-bond acceptors (Lipinski definition) is 6. The molecule has 0 unspecified atom stereocenters. The first-order valence-electron chi connectivity index (χ1n) is 10.9. The monoisotopic (exact) mass is 458 g/mol. The van der Waals surface area contributed by atoms with Gasteiger partial charge in [-0.15, -0.1) is 0 Å². The first-order valence-corrected chi connectivity index (χ1v) is 10.9. The number of primary amides is 1. The molecule has 1 aliphatic heterocycles. The van der Waals surface area contributed by atoms with Crippen molar-refractivity contribution in [1.82, 2.24) is 10.3 Å². The van der Waals surface area contributed by atoms with Crippen molar-refractivity contribution in [1.29, 1.82) is 0 Å². The van der Waals surface area contributed by atoms with Crippen molar-refractivity contribution in [3.63, 3.8) is 0 Å². The highest BCUT2D eigenvalue weighted by Crippen LogP contribution is 2.30. The zero-order valence-corrected chi connectivity index (χ0v) is 18.6. The van der Waals surface area contributed by atoms with E-state index >= 15 is 0 Å². The number of amides is 2. The minimum atomic E-state index is -0.630. The van der Waals surface area contributed by atoms with Gasteiger partial charge >= 0.3 is 0 Å². The van der Waals surface area contributed by atoms with Gasteiger partial charge in [-0.1, -0.05) is 36.9 Å². The number of ether oxygens (including phenoxy) is 2. The third kappa shape index (κ3) is 5.72. The molecule has 2 aromatic carbocycles. The summed E-state index contributed by atoms with van der Waals surface area (Å²) in [5.41, 5.74) is 6.79. The second kappa shape index (κ2) is 10.5. The number of nitrogens with one attached hydrogen (secondary N) is 1. The molecule has 0 radical (unpaired) electrons. The fourth-order valence-corrected chi connectivity index (χ4v) is 3.69. The lowest BCUT2D eigenvalue weighted by atomic mass is 10.2. The molecular formula is C26H26N4O4. The third-order valence-electron chi connectivity index (χ3n) is 5.46. The zero-order chi connectivity index (χ0) is 23.9. The molecule has 3 N–H and O–H groups in total. The molecule has 0 saturated carbocycles. The van der Waals surface area contributed by atoms with E-state index in [1.807, 2.05) is 35.2 Å². The predicted molar refractivity (Wildman–Crippen MR) is 129 cm³/mol. The summed E-state index contributed by atoms with van der Waals surface area (Å²) < 4.78 is 11.8. The molecule has 174 valence electrons. The van der Waals surface area contributed by atoms with E-state index in [-0.39, 0.29) is 17.5 Å². The number of carbonyl (C=O) groups excluding carboxylic acids is 2. The number of carbonyl (C=O) groups is 2. The third-order valence-corrected chi connectivity index (χ3v) is 5.46. The summed E-state index contributed by atoms with van der Waals surface area (Å²) in [4.78, 5) is 29.9. The van der Waals surface area contributed by atoms with Gasteiger partial charge in [-0.05, 0) is 42.3 Å². The summed E-state index contributed by atoms with van der Waals surface area (Å²) in [6.45, 7) is 5.24. The van der Waals surface area contributed by atoms with Crippen molar-refractivity contribution in [3.05, 3.63) is 90.6 Å². The minimum absolute atomic E-state index is 0.00378. The number of pyridine rings is 1. The largest absolute Gasteiger partial charge is 0.489 e. The molecule has 1 atom stereocenters. The Bertz CT molecular complexity index is 1170. The molecular weight excluding hydrogens is 432 g/mol. The van der Waals surface area contributed by atoms with Crippen LogP contribution in [0.3, 0.4) is 0 Å². The van der Waals surface area contributed by atoms with Crippen LogP contribution in [0, 0.1) is 0 Å². The summed E-state index contributed by atoms with van der Waals surface area (Å²) in [7, 11) is 0. The summed E-state index contributed by atoms with van der Waals surface area (Å²) in [5.74, 6) is 1.35. The maximum absolute atomic E-state index is 11.9. The van der Waals surface area contributed by atoms with Crippen molar-refractivity contribution in [2.45, 2.75) is 19.1 Å². The van der Waals surface area contributed by atoms with E-state index in [0.717, 1.165) is 12.0 Å². The molecule has 8 nitrogen and oxygen atoms in total. The number of nitrogens with zero attached hydrogens (tertiary/aromatic N) is 2. The van der Waals surface area contributed by atoms with E-state index in [4.69, 9.17) is 15.2 Å². The topological polar surface area (TPSA) is 107 Å². The van der Waals surface area contributed by atoms with Crippen molar-refractivity contribution < 1.29 is 19.1 Å². The first kappa shape index (κ1) is 22.8. The number of anilines is 1. The highest BCUT2D eigenvalue weighted by molar-refractivity contribution is 5.95. The Kier molecular flexibility index (Phi) is 7.07. The molecule has 8 heteroatoms. The Labute approximate surface area is 198 Å². The maximum Gasteiger partial charge on any atom is 0.254 e. The van der Waals surface area contributed by atoms with E-state index in [1.165, 1.54) is 12.3 Å². The van der Waals surface area contributed by atoms with Crippen LogP contribution in [-0.4, -0.2) is 35.9 Å². The summed E-state index contributed by atoms with van der Waals surface area (Å²) in [5, 5.41) is 2.89. The van der Waals surface area contributed by atoms with Gasteiger partial charge in [0.05, 0.1) is 0 Å². The second-order valence-corrected chi connectivity index (χ2v) is 7.89. The molecule has 1 saturated heterocycles. The second-order valence-electron chi connectivity index (χ2n) is 7.89. The van der Waals surface area contributed by atoms with Crippen LogP contribution in [0.5, 0.6) is 17.2 Å². The van der Waals surface area contributed by atoms with Gasteiger partial charge in [0.15, 0.2) is 0 Å². The predicted octanol–water partition coefficient (Wildman–Crippen LogP) is 3.43. The van der Waals surface area contributed by atoms with Crippen molar-refractivity contribution in [2.24, 2.45) is 5.73 Å². The fraction of sp³-hybridized carbons (Fsp3) is 0.192. The number of hydrogen-bond donors (Lipinski definition) is 2. The van der Waals surface area contributed by atoms with Gasteiger partial charge < -0.3 is 25.4 Å². The highest BCUT2D eigenvalue weighted by atomic mass is 16.5. The van der Waals surface area contributed by atoms with E-state index in [1.54, 1.807) is 30.3 Å². The average Bonchev–Trinajstić information content (AvgIpc) is 3.32. The quantitative estimate of drug-likeness (QED) is 0.476. The maximum atomic E-state index is 11.9. The molecule has 3 aromatic rings. The molecule has 0 aliphatic carbocycles. The normalized spacial score (nSPS) is 14.9.